The SMILES string of the molecule is Cc1ccc2c(c1-c1cccc[n+]1C)-n1ccnc1C2. The molecule has 0 saturated carbocycles. The van der Waals surface area contributed by atoms with Crippen molar-refractivity contribution < 1.29 is 4.57 Å². The Labute approximate surface area is 118 Å². The fraction of sp³-hybridized carbons (Fsp3) is 0.176. The minimum Gasteiger partial charge on any atom is -0.302 e. The second kappa shape index (κ2) is 4.04. The quantitative estimate of drug-likeness (QED) is 0.483. The van der Waals surface area contributed by atoms with Gasteiger partial charge in [0.2, 0.25) is 5.69 Å². The highest BCUT2D eigenvalue weighted by molar-refractivity contribution is 5.76. The van der Waals surface area contributed by atoms with E-state index in [1.54, 1.807) is 0 Å². The van der Waals surface area contributed by atoms with Crippen LogP contribution in [0.3, 0.4) is 0 Å². The van der Waals surface area contributed by atoms with Gasteiger partial charge in [-0.15, -0.1) is 0 Å². The van der Waals surface area contributed by atoms with Gasteiger partial charge in [0.15, 0.2) is 6.20 Å². The molecule has 0 aliphatic carbocycles. The highest BCUT2D eigenvalue weighted by atomic mass is 15.1. The Kier molecular flexibility index (Phi) is 2.30. The first-order valence-corrected chi connectivity index (χ1v) is 6.86. The molecular formula is C17H16N3+. The molecule has 0 unspecified atom stereocenters. The summed E-state index contributed by atoms with van der Waals surface area (Å²) >= 11 is 0. The summed E-state index contributed by atoms with van der Waals surface area (Å²) in [5.74, 6) is 1.13. The highest BCUT2D eigenvalue weighted by Gasteiger charge is 2.26. The maximum atomic E-state index is 4.45. The van der Waals surface area contributed by atoms with Crippen molar-refractivity contribution in [1.82, 2.24) is 9.55 Å². The lowest BCUT2D eigenvalue weighted by Gasteiger charge is -2.11. The van der Waals surface area contributed by atoms with E-state index in [1.807, 2.05) is 6.20 Å². The molecule has 3 nitrogen and oxygen atoms in total. The van der Waals surface area contributed by atoms with Crippen molar-refractivity contribution in [3.63, 3.8) is 0 Å². The molecule has 0 bridgehead atoms. The third kappa shape index (κ3) is 1.46. The summed E-state index contributed by atoms with van der Waals surface area (Å²) in [6.45, 7) is 2.18. The first-order valence-electron chi connectivity index (χ1n) is 6.86. The van der Waals surface area contributed by atoms with Gasteiger partial charge in [0.25, 0.3) is 0 Å². The number of hydrogen-bond acceptors (Lipinski definition) is 1. The van der Waals surface area contributed by atoms with Gasteiger partial charge in [0.1, 0.15) is 12.9 Å². The number of imidazole rings is 1. The van der Waals surface area contributed by atoms with Gasteiger partial charge >= 0.3 is 0 Å². The molecule has 0 radical (unpaired) electrons. The number of pyridine rings is 1. The number of aryl methyl sites for hydroxylation is 2. The molecule has 1 aromatic carbocycles. The van der Waals surface area contributed by atoms with Crippen molar-refractivity contribution in [3.8, 4) is 16.9 Å². The van der Waals surface area contributed by atoms with E-state index < -0.39 is 0 Å². The Hall–Kier alpha value is -2.42. The summed E-state index contributed by atoms with van der Waals surface area (Å²) in [6, 6.07) is 10.8. The van der Waals surface area contributed by atoms with Gasteiger partial charge in [-0.05, 0) is 24.1 Å². The number of benzene rings is 1. The van der Waals surface area contributed by atoms with Crippen molar-refractivity contribution >= 4 is 0 Å². The standard InChI is InChI=1S/C17H16N3/c1-12-6-7-13-11-15-18-8-10-20(15)17(13)16(12)14-5-3-4-9-19(14)2/h3-10H,11H2,1-2H3/q+1. The zero-order chi connectivity index (χ0) is 13.7. The third-order valence-corrected chi connectivity index (χ3v) is 4.09. The van der Waals surface area contributed by atoms with Gasteiger partial charge in [-0.1, -0.05) is 12.1 Å². The molecule has 1 aliphatic heterocycles. The van der Waals surface area contributed by atoms with E-state index in [2.05, 4.69) is 70.8 Å². The summed E-state index contributed by atoms with van der Waals surface area (Å²) in [6.07, 6.45) is 6.96. The molecule has 0 N–H and O–H groups in total. The second-order valence-electron chi connectivity index (χ2n) is 5.35. The Morgan fingerprint density at radius 2 is 2.10 bits per heavy atom. The minimum atomic E-state index is 0.923. The zero-order valence-corrected chi connectivity index (χ0v) is 11.7. The molecule has 20 heavy (non-hydrogen) atoms. The Bertz CT molecular complexity index is 815. The van der Waals surface area contributed by atoms with Gasteiger partial charge < -0.3 is 4.57 Å². The second-order valence-corrected chi connectivity index (χ2v) is 5.35. The van der Waals surface area contributed by atoms with Crippen LogP contribution in [0.2, 0.25) is 0 Å². The summed E-state index contributed by atoms with van der Waals surface area (Å²) in [5.41, 5.74) is 6.50. The first-order chi connectivity index (χ1) is 9.75. The van der Waals surface area contributed by atoms with Crippen LogP contribution in [-0.4, -0.2) is 9.55 Å². The highest BCUT2D eigenvalue weighted by Crippen LogP contribution is 2.36. The normalized spacial score (nSPS) is 12.3. The molecule has 0 spiro atoms. The maximum absolute atomic E-state index is 4.45. The summed E-state index contributed by atoms with van der Waals surface area (Å²) in [7, 11) is 2.10. The van der Waals surface area contributed by atoms with Gasteiger partial charge in [0.05, 0.1) is 11.3 Å². The van der Waals surface area contributed by atoms with Crippen LogP contribution in [0.15, 0.2) is 48.9 Å². The maximum Gasteiger partial charge on any atom is 0.214 e. The predicted molar refractivity (Wildman–Crippen MR) is 77.7 cm³/mol. The van der Waals surface area contributed by atoms with Crippen molar-refractivity contribution in [2.24, 2.45) is 7.05 Å². The minimum absolute atomic E-state index is 0.923. The van der Waals surface area contributed by atoms with Crippen LogP contribution in [0.4, 0.5) is 0 Å². The molecule has 2 aromatic heterocycles. The van der Waals surface area contributed by atoms with Gasteiger partial charge in [-0.2, -0.15) is 0 Å². The number of aromatic nitrogens is 3. The fourth-order valence-corrected chi connectivity index (χ4v) is 3.10. The Morgan fingerprint density at radius 3 is 2.95 bits per heavy atom. The molecule has 0 amide bonds. The van der Waals surface area contributed by atoms with E-state index >= 15 is 0 Å². The van der Waals surface area contributed by atoms with Crippen LogP contribution in [0, 0.1) is 6.92 Å². The number of nitrogens with zero attached hydrogens (tertiary/aromatic N) is 3. The van der Waals surface area contributed by atoms with Crippen LogP contribution >= 0.6 is 0 Å². The number of fused-ring (bicyclic) bond motifs is 3. The average molecular weight is 262 g/mol. The van der Waals surface area contributed by atoms with Crippen LogP contribution < -0.4 is 4.57 Å². The molecular weight excluding hydrogens is 246 g/mol. The van der Waals surface area contributed by atoms with E-state index in [9.17, 15) is 0 Å². The zero-order valence-electron chi connectivity index (χ0n) is 11.7. The largest absolute Gasteiger partial charge is 0.302 e. The average Bonchev–Trinajstić information content (AvgIpc) is 3.01. The number of rotatable bonds is 1. The topological polar surface area (TPSA) is 21.7 Å². The lowest BCUT2D eigenvalue weighted by Crippen LogP contribution is -2.30. The van der Waals surface area contributed by atoms with Crippen LogP contribution in [-0.2, 0) is 13.5 Å². The Morgan fingerprint density at radius 1 is 1.20 bits per heavy atom. The molecule has 0 atom stereocenters. The molecule has 3 aromatic rings. The smallest absolute Gasteiger partial charge is 0.214 e. The van der Waals surface area contributed by atoms with Crippen LogP contribution in [0.25, 0.3) is 16.9 Å². The van der Waals surface area contributed by atoms with E-state index in [0.29, 0.717) is 0 Å². The van der Waals surface area contributed by atoms with Crippen LogP contribution in [0.5, 0.6) is 0 Å². The van der Waals surface area contributed by atoms with E-state index in [4.69, 9.17) is 0 Å². The van der Waals surface area contributed by atoms with E-state index in [-0.39, 0.29) is 0 Å². The summed E-state index contributed by atoms with van der Waals surface area (Å²) in [4.78, 5) is 4.45. The first kappa shape index (κ1) is 11.4. The van der Waals surface area contributed by atoms with Gasteiger partial charge in [-0.25, -0.2) is 9.55 Å². The molecule has 4 rings (SSSR count). The molecule has 98 valence electrons. The van der Waals surface area contributed by atoms with Crippen molar-refractivity contribution in [3.05, 3.63) is 65.9 Å². The number of hydrogen-bond donors (Lipinski definition) is 0. The van der Waals surface area contributed by atoms with Crippen LogP contribution in [0.1, 0.15) is 17.0 Å². The summed E-state index contributed by atoms with van der Waals surface area (Å²) in [5, 5.41) is 0. The van der Waals surface area contributed by atoms with E-state index in [0.717, 1.165) is 12.2 Å². The molecule has 1 aliphatic rings. The lowest BCUT2D eigenvalue weighted by atomic mass is 9.98. The van der Waals surface area contributed by atoms with Crippen molar-refractivity contribution in [1.29, 1.82) is 0 Å². The lowest BCUT2D eigenvalue weighted by molar-refractivity contribution is -0.660. The van der Waals surface area contributed by atoms with Gasteiger partial charge in [0, 0.05) is 30.9 Å². The monoisotopic (exact) mass is 262 g/mol. The molecule has 3 heteroatoms. The van der Waals surface area contributed by atoms with E-state index in [1.165, 1.54) is 28.1 Å². The fourth-order valence-electron chi connectivity index (χ4n) is 3.10. The van der Waals surface area contributed by atoms with Crippen molar-refractivity contribution in [2.45, 2.75) is 13.3 Å². The summed E-state index contributed by atoms with van der Waals surface area (Å²) < 4.78 is 4.40. The molecule has 0 fully saturated rings. The Balaban J connectivity index is 2.08. The molecule has 3 heterocycles. The van der Waals surface area contributed by atoms with Crippen molar-refractivity contribution in [2.75, 3.05) is 0 Å². The van der Waals surface area contributed by atoms with Gasteiger partial charge in [-0.3, -0.25) is 0 Å². The predicted octanol–water partition coefficient (Wildman–Crippen LogP) is 2.58. The third-order valence-electron chi connectivity index (χ3n) is 4.09. The molecule has 0 saturated heterocycles.